The summed E-state index contributed by atoms with van der Waals surface area (Å²) in [6.45, 7) is 0.796. The van der Waals surface area contributed by atoms with Crippen LogP contribution in [0.3, 0.4) is 0 Å². The Labute approximate surface area is 118 Å². The lowest BCUT2D eigenvalue weighted by Gasteiger charge is -2.12. The zero-order valence-corrected chi connectivity index (χ0v) is 11.9. The summed E-state index contributed by atoms with van der Waals surface area (Å²) in [4.78, 5) is 12.2. The molecule has 0 bridgehead atoms. The minimum Gasteiger partial charge on any atom is -0.478 e. The van der Waals surface area contributed by atoms with E-state index in [2.05, 4.69) is 11.4 Å². The maximum atomic E-state index is 11.4. The molecule has 1 aliphatic carbocycles. The summed E-state index contributed by atoms with van der Waals surface area (Å²) in [7, 11) is 0. The second-order valence-corrected chi connectivity index (χ2v) is 5.47. The fraction of sp³-hybridized carbons (Fsp3) is 0.400. The van der Waals surface area contributed by atoms with E-state index in [0.29, 0.717) is 5.56 Å². The first-order valence-electron chi connectivity index (χ1n) is 6.54. The summed E-state index contributed by atoms with van der Waals surface area (Å²) in [5.74, 6) is -0.868. The molecule has 4 heteroatoms. The molecule has 0 spiro atoms. The molecule has 0 unspecified atom stereocenters. The first-order chi connectivity index (χ1) is 9.22. The summed E-state index contributed by atoms with van der Waals surface area (Å²) in [6.07, 6.45) is 8.85. The van der Waals surface area contributed by atoms with E-state index in [1.807, 2.05) is 24.5 Å². The number of carboxylic acid groups (broad SMARTS) is 1. The van der Waals surface area contributed by atoms with Gasteiger partial charge in [-0.1, -0.05) is 17.7 Å². The van der Waals surface area contributed by atoms with E-state index < -0.39 is 5.97 Å². The molecule has 0 fully saturated rings. The molecule has 19 heavy (non-hydrogen) atoms. The number of carbonyl (C=O) groups is 1. The van der Waals surface area contributed by atoms with E-state index in [-0.39, 0.29) is 0 Å². The molecule has 0 saturated heterocycles. The highest BCUT2D eigenvalue weighted by Gasteiger charge is 2.14. The van der Waals surface area contributed by atoms with Crippen LogP contribution in [0.2, 0.25) is 0 Å². The minimum absolute atomic E-state index is 0.385. The van der Waals surface area contributed by atoms with Crippen molar-refractivity contribution in [2.24, 2.45) is 0 Å². The molecule has 2 N–H and O–H groups in total. The number of hydrogen-bond donors (Lipinski definition) is 2. The lowest BCUT2D eigenvalue weighted by Crippen LogP contribution is -2.09. The van der Waals surface area contributed by atoms with E-state index in [1.165, 1.54) is 36.6 Å². The van der Waals surface area contributed by atoms with Gasteiger partial charge < -0.3 is 10.4 Å². The number of aromatic carboxylic acids is 1. The van der Waals surface area contributed by atoms with Gasteiger partial charge in [0.1, 0.15) is 0 Å². The van der Waals surface area contributed by atoms with Crippen LogP contribution in [0.1, 0.15) is 36.0 Å². The summed E-state index contributed by atoms with van der Waals surface area (Å²) >= 11 is 1.46. The molecule has 1 aliphatic rings. The molecular formula is C15H19NO2S. The summed E-state index contributed by atoms with van der Waals surface area (Å²) in [5, 5.41) is 12.6. The third-order valence-electron chi connectivity index (χ3n) is 3.36. The van der Waals surface area contributed by atoms with Crippen molar-refractivity contribution in [2.45, 2.75) is 30.6 Å². The Morgan fingerprint density at radius 1 is 1.47 bits per heavy atom. The zero-order chi connectivity index (χ0) is 13.7. The Morgan fingerprint density at radius 3 is 2.95 bits per heavy atom. The van der Waals surface area contributed by atoms with Crippen molar-refractivity contribution in [1.82, 2.24) is 0 Å². The van der Waals surface area contributed by atoms with Gasteiger partial charge in [0.15, 0.2) is 0 Å². The first-order valence-corrected chi connectivity index (χ1v) is 7.77. The van der Waals surface area contributed by atoms with Crippen LogP contribution in [0.15, 0.2) is 34.7 Å². The van der Waals surface area contributed by atoms with Crippen molar-refractivity contribution in [1.29, 1.82) is 0 Å². The van der Waals surface area contributed by atoms with Crippen LogP contribution in [0.25, 0.3) is 0 Å². The molecule has 0 radical (unpaired) electrons. The minimum atomic E-state index is -0.868. The Morgan fingerprint density at radius 2 is 2.32 bits per heavy atom. The van der Waals surface area contributed by atoms with Crippen LogP contribution < -0.4 is 5.32 Å². The van der Waals surface area contributed by atoms with E-state index >= 15 is 0 Å². The smallest absolute Gasteiger partial charge is 0.338 e. The molecule has 1 aromatic rings. The maximum Gasteiger partial charge on any atom is 0.338 e. The molecule has 3 nitrogen and oxygen atoms in total. The molecule has 0 heterocycles. The quantitative estimate of drug-likeness (QED) is 0.609. The van der Waals surface area contributed by atoms with Gasteiger partial charge in [-0.3, -0.25) is 0 Å². The van der Waals surface area contributed by atoms with Gasteiger partial charge >= 0.3 is 5.97 Å². The van der Waals surface area contributed by atoms with Gasteiger partial charge in [0.05, 0.1) is 5.56 Å². The lowest BCUT2D eigenvalue weighted by atomic mass is 10.1. The number of allylic oxidation sites excluding steroid dienone is 1. The van der Waals surface area contributed by atoms with Crippen LogP contribution in [-0.2, 0) is 0 Å². The highest BCUT2D eigenvalue weighted by molar-refractivity contribution is 7.98. The number of carboxylic acids is 1. The van der Waals surface area contributed by atoms with Gasteiger partial charge in [-0.2, -0.15) is 0 Å². The third-order valence-corrected chi connectivity index (χ3v) is 4.14. The Bertz CT molecular complexity index is 497. The van der Waals surface area contributed by atoms with E-state index in [4.69, 9.17) is 0 Å². The SMILES string of the molecule is CSc1cccc(NCCC2=CCCC2)c1C(=O)O. The van der Waals surface area contributed by atoms with Crippen LogP contribution >= 0.6 is 11.8 Å². The van der Waals surface area contributed by atoms with Crippen molar-refractivity contribution in [3.8, 4) is 0 Å². The molecule has 0 amide bonds. The molecule has 1 aromatic carbocycles. The second-order valence-electron chi connectivity index (χ2n) is 4.62. The van der Waals surface area contributed by atoms with Crippen molar-refractivity contribution in [2.75, 3.05) is 18.1 Å². The summed E-state index contributed by atoms with van der Waals surface area (Å²) < 4.78 is 0. The standard InChI is InChI=1S/C15H19NO2S/c1-19-13-8-4-7-12(14(13)15(17)18)16-10-9-11-5-2-3-6-11/h4-5,7-8,16H,2-3,6,9-10H2,1H3,(H,17,18). The highest BCUT2D eigenvalue weighted by atomic mass is 32.2. The topological polar surface area (TPSA) is 49.3 Å². The second kappa shape index (κ2) is 6.66. The number of thioether (sulfide) groups is 1. The summed E-state index contributed by atoms with van der Waals surface area (Å²) in [6, 6.07) is 5.58. The fourth-order valence-corrected chi connectivity index (χ4v) is 3.01. The Kier molecular flexibility index (Phi) is 4.91. The van der Waals surface area contributed by atoms with Crippen molar-refractivity contribution in [3.63, 3.8) is 0 Å². The average molecular weight is 277 g/mol. The van der Waals surface area contributed by atoms with Crippen LogP contribution in [-0.4, -0.2) is 23.9 Å². The van der Waals surface area contributed by atoms with E-state index in [1.54, 1.807) is 0 Å². The monoisotopic (exact) mass is 277 g/mol. The lowest BCUT2D eigenvalue weighted by molar-refractivity contribution is 0.0694. The molecule has 0 atom stereocenters. The number of benzene rings is 1. The van der Waals surface area contributed by atoms with Crippen LogP contribution in [0.4, 0.5) is 5.69 Å². The zero-order valence-electron chi connectivity index (χ0n) is 11.1. The van der Waals surface area contributed by atoms with Crippen molar-refractivity contribution >= 4 is 23.4 Å². The van der Waals surface area contributed by atoms with Crippen molar-refractivity contribution in [3.05, 3.63) is 35.4 Å². The molecule has 0 aromatic heterocycles. The molecule has 2 rings (SSSR count). The average Bonchev–Trinajstić information content (AvgIpc) is 2.91. The predicted molar refractivity (Wildman–Crippen MR) is 80.2 cm³/mol. The van der Waals surface area contributed by atoms with Crippen molar-refractivity contribution < 1.29 is 9.90 Å². The fourth-order valence-electron chi connectivity index (χ4n) is 2.39. The highest BCUT2D eigenvalue weighted by Crippen LogP contribution is 2.27. The maximum absolute atomic E-state index is 11.4. The van der Waals surface area contributed by atoms with Crippen LogP contribution in [0.5, 0.6) is 0 Å². The number of hydrogen-bond acceptors (Lipinski definition) is 3. The van der Waals surface area contributed by atoms with Gasteiger partial charge in [-0.05, 0) is 44.1 Å². The van der Waals surface area contributed by atoms with Gasteiger partial charge in [0.25, 0.3) is 0 Å². The molecule has 0 saturated carbocycles. The molecule has 0 aliphatic heterocycles. The number of anilines is 1. The van der Waals surface area contributed by atoms with Gasteiger partial charge in [-0.25, -0.2) is 4.79 Å². The Hall–Kier alpha value is -1.42. The van der Waals surface area contributed by atoms with Gasteiger partial charge in [0.2, 0.25) is 0 Å². The number of rotatable bonds is 6. The van der Waals surface area contributed by atoms with E-state index in [9.17, 15) is 9.90 Å². The van der Waals surface area contributed by atoms with Gasteiger partial charge in [0, 0.05) is 17.1 Å². The normalized spacial score (nSPS) is 14.3. The first kappa shape index (κ1) is 14.0. The predicted octanol–water partition coefficient (Wildman–Crippen LogP) is 4.02. The van der Waals surface area contributed by atoms with E-state index in [0.717, 1.165) is 23.5 Å². The third kappa shape index (κ3) is 3.53. The Balaban J connectivity index is 2.04. The number of nitrogens with one attached hydrogen (secondary N) is 1. The largest absolute Gasteiger partial charge is 0.478 e. The van der Waals surface area contributed by atoms with Crippen LogP contribution in [0, 0.1) is 0 Å². The molecular weight excluding hydrogens is 258 g/mol. The summed E-state index contributed by atoms with van der Waals surface area (Å²) in [5.41, 5.74) is 2.60. The van der Waals surface area contributed by atoms with Gasteiger partial charge in [-0.15, -0.1) is 11.8 Å². The molecule has 102 valence electrons.